The number of anilines is 1. The third kappa shape index (κ3) is 2.30. The van der Waals surface area contributed by atoms with E-state index in [-0.39, 0.29) is 11.6 Å². The van der Waals surface area contributed by atoms with Crippen LogP contribution in [0.15, 0.2) is 18.2 Å². The zero-order valence-corrected chi connectivity index (χ0v) is 10.3. The van der Waals surface area contributed by atoms with Crippen molar-refractivity contribution in [2.75, 3.05) is 18.0 Å². The molecule has 0 aliphatic carbocycles. The molecule has 96 valence electrons. The van der Waals surface area contributed by atoms with Crippen molar-refractivity contribution in [3.8, 4) is 0 Å². The number of nitrogens with zero attached hydrogens (tertiary/aromatic N) is 1. The molecule has 2 rings (SSSR count). The number of carbonyl (C=O) groups is 2. The molecule has 0 unspecified atom stereocenters. The Morgan fingerprint density at radius 3 is 2.89 bits per heavy atom. The number of fused-ring (bicyclic) bond motifs is 1. The molecule has 1 aliphatic rings. The average molecular weight is 248 g/mol. The minimum atomic E-state index is -0.937. The summed E-state index contributed by atoms with van der Waals surface area (Å²) in [6.07, 6.45) is 1.67. The number of hydrogen-bond donors (Lipinski definition) is 2. The zero-order valence-electron chi connectivity index (χ0n) is 10.3. The van der Waals surface area contributed by atoms with Crippen molar-refractivity contribution in [2.45, 2.75) is 19.8 Å². The molecule has 5 nitrogen and oxygen atoms in total. The molecule has 0 fully saturated rings. The average Bonchev–Trinajstić information content (AvgIpc) is 2.37. The van der Waals surface area contributed by atoms with Gasteiger partial charge in [-0.3, -0.25) is 4.90 Å². The van der Waals surface area contributed by atoms with Gasteiger partial charge in [-0.2, -0.15) is 0 Å². The van der Waals surface area contributed by atoms with E-state index in [0.717, 1.165) is 24.1 Å². The molecule has 0 radical (unpaired) electrons. The molecule has 1 heterocycles. The monoisotopic (exact) mass is 248 g/mol. The van der Waals surface area contributed by atoms with E-state index < -0.39 is 5.97 Å². The van der Waals surface area contributed by atoms with Gasteiger partial charge in [0.25, 0.3) is 0 Å². The van der Waals surface area contributed by atoms with Crippen molar-refractivity contribution in [1.82, 2.24) is 5.32 Å². The number of urea groups is 1. The van der Waals surface area contributed by atoms with Crippen molar-refractivity contribution in [3.63, 3.8) is 0 Å². The topological polar surface area (TPSA) is 69.6 Å². The number of nitrogens with one attached hydrogen (secondary N) is 1. The third-order valence-electron chi connectivity index (χ3n) is 3.02. The summed E-state index contributed by atoms with van der Waals surface area (Å²) in [4.78, 5) is 24.5. The highest BCUT2D eigenvalue weighted by Crippen LogP contribution is 2.28. The van der Waals surface area contributed by atoms with Gasteiger partial charge in [0, 0.05) is 18.8 Å². The van der Waals surface area contributed by atoms with E-state index in [1.807, 2.05) is 6.92 Å². The number of amides is 2. The van der Waals surface area contributed by atoms with Gasteiger partial charge in [0.1, 0.15) is 0 Å². The number of aryl methyl sites for hydroxylation is 1. The van der Waals surface area contributed by atoms with E-state index in [1.54, 1.807) is 23.1 Å². The molecule has 0 aromatic heterocycles. The molecule has 0 bridgehead atoms. The summed E-state index contributed by atoms with van der Waals surface area (Å²) < 4.78 is 0. The highest BCUT2D eigenvalue weighted by atomic mass is 16.4. The van der Waals surface area contributed by atoms with Crippen LogP contribution in [0.3, 0.4) is 0 Å². The third-order valence-corrected chi connectivity index (χ3v) is 3.02. The summed E-state index contributed by atoms with van der Waals surface area (Å²) in [6.45, 7) is 3.12. The Morgan fingerprint density at radius 1 is 1.44 bits per heavy atom. The van der Waals surface area contributed by atoms with E-state index in [0.29, 0.717) is 13.1 Å². The van der Waals surface area contributed by atoms with Crippen LogP contribution in [-0.2, 0) is 6.42 Å². The standard InChI is InChI=1S/C13H16N2O3/c1-2-14-13(18)15-7-3-4-9-8-10(12(16)17)5-6-11(9)15/h5-6,8H,2-4,7H2,1H3,(H,14,18)(H,16,17). The predicted octanol–water partition coefficient (Wildman–Crippen LogP) is 1.87. The van der Waals surface area contributed by atoms with Crippen LogP contribution >= 0.6 is 0 Å². The zero-order chi connectivity index (χ0) is 13.1. The van der Waals surface area contributed by atoms with Gasteiger partial charge in [-0.05, 0) is 43.5 Å². The summed E-state index contributed by atoms with van der Waals surface area (Å²) >= 11 is 0. The maximum atomic E-state index is 11.9. The van der Waals surface area contributed by atoms with Gasteiger partial charge in [0.15, 0.2) is 0 Å². The lowest BCUT2D eigenvalue weighted by Gasteiger charge is -2.29. The van der Waals surface area contributed by atoms with Gasteiger partial charge in [-0.25, -0.2) is 9.59 Å². The molecule has 0 saturated heterocycles. The summed E-state index contributed by atoms with van der Waals surface area (Å²) in [5.41, 5.74) is 2.01. The van der Waals surface area contributed by atoms with Crippen LogP contribution in [0.25, 0.3) is 0 Å². The van der Waals surface area contributed by atoms with Crippen LogP contribution in [0.1, 0.15) is 29.3 Å². The summed E-state index contributed by atoms with van der Waals surface area (Å²) in [7, 11) is 0. The Hall–Kier alpha value is -2.04. The Morgan fingerprint density at radius 2 is 2.22 bits per heavy atom. The second-order valence-corrected chi connectivity index (χ2v) is 4.24. The van der Waals surface area contributed by atoms with Crippen LogP contribution in [0.2, 0.25) is 0 Å². The predicted molar refractivity (Wildman–Crippen MR) is 68.1 cm³/mol. The highest BCUT2D eigenvalue weighted by Gasteiger charge is 2.22. The first-order chi connectivity index (χ1) is 8.63. The molecular weight excluding hydrogens is 232 g/mol. The molecule has 0 spiro atoms. The van der Waals surface area contributed by atoms with Crippen LogP contribution in [0.4, 0.5) is 10.5 Å². The molecule has 0 atom stereocenters. The second-order valence-electron chi connectivity index (χ2n) is 4.24. The van der Waals surface area contributed by atoms with Crippen molar-refractivity contribution in [3.05, 3.63) is 29.3 Å². The summed E-state index contributed by atoms with van der Waals surface area (Å²) in [5.74, 6) is -0.937. The number of carbonyl (C=O) groups excluding carboxylic acids is 1. The van der Waals surface area contributed by atoms with E-state index in [4.69, 9.17) is 5.11 Å². The molecular formula is C13H16N2O3. The van der Waals surface area contributed by atoms with Crippen LogP contribution in [0.5, 0.6) is 0 Å². The fraction of sp³-hybridized carbons (Fsp3) is 0.385. The molecule has 0 saturated carbocycles. The Labute approximate surface area is 105 Å². The van der Waals surface area contributed by atoms with Crippen molar-refractivity contribution >= 4 is 17.7 Å². The van der Waals surface area contributed by atoms with E-state index in [2.05, 4.69) is 5.32 Å². The molecule has 1 aliphatic heterocycles. The number of carboxylic acids is 1. The van der Waals surface area contributed by atoms with Gasteiger partial charge < -0.3 is 10.4 Å². The molecule has 2 amide bonds. The van der Waals surface area contributed by atoms with E-state index in [9.17, 15) is 9.59 Å². The van der Waals surface area contributed by atoms with Gasteiger partial charge >= 0.3 is 12.0 Å². The lowest BCUT2D eigenvalue weighted by molar-refractivity contribution is 0.0696. The molecule has 1 aromatic carbocycles. The lowest BCUT2D eigenvalue weighted by atomic mass is 9.99. The molecule has 5 heteroatoms. The van der Waals surface area contributed by atoms with Crippen LogP contribution in [0, 0.1) is 0 Å². The first kappa shape index (κ1) is 12.4. The fourth-order valence-corrected chi connectivity index (χ4v) is 2.19. The van der Waals surface area contributed by atoms with Crippen LogP contribution < -0.4 is 10.2 Å². The highest BCUT2D eigenvalue weighted by molar-refractivity contribution is 5.95. The normalized spacial score (nSPS) is 13.9. The Kier molecular flexibility index (Phi) is 3.50. The minimum absolute atomic E-state index is 0.124. The van der Waals surface area contributed by atoms with Gasteiger partial charge in [0.05, 0.1) is 5.56 Å². The number of rotatable bonds is 2. The minimum Gasteiger partial charge on any atom is -0.478 e. The van der Waals surface area contributed by atoms with Gasteiger partial charge in [-0.15, -0.1) is 0 Å². The quantitative estimate of drug-likeness (QED) is 0.839. The first-order valence-electron chi connectivity index (χ1n) is 6.05. The number of hydrogen-bond acceptors (Lipinski definition) is 2. The van der Waals surface area contributed by atoms with E-state index in [1.165, 1.54) is 0 Å². The SMILES string of the molecule is CCNC(=O)N1CCCc2cc(C(=O)O)ccc21. The van der Waals surface area contributed by atoms with Crippen molar-refractivity contribution in [2.24, 2.45) is 0 Å². The van der Waals surface area contributed by atoms with E-state index >= 15 is 0 Å². The smallest absolute Gasteiger partial charge is 0.335 e. The molecule has 2 N–H and O–H groups in total. The second kappa shape index (κ2) is 5.08. The number of aromatic carboxylic acids is 1. The number of benzene rings is 1. The van der Waals surface area contributed by atoms with Crippen molar-refractivity contribution < 1.29 is 14.7 Å². The molecule has 1 aromatic rings. The first-order valence-corrected chi connectivity index (χ1v) is 6.05. The van der Waals surface area contributed by atoms with Crippen LogP contribution in [-0.4, -0.2) is 30.2 Å². The fourth-order valence-electron chi connectivity index (χ4n) is 2.19. The van der Waals surface area contributed by atoms with Gasteiger partial charge in [-0.1, -0.05) is 0 Å². The maximum Gasteiger partial charge on any atom is 0.335 e. The van der Waals surface area contributed by atoms with Gasteiger partial charge in [0.2, 0.25) is 0 Å². The summed E-state index contributed by atoms with van der Waals surface area (Å²) in [6, 6.07) is 4.79. The Bertz CT molecular complexity index is 485. The van der Waals surface area contributed by atoms with Crippen molar-refractivity contribution in [1.29, 1.82) is 0 Å². The summed E-state index contributed by atoms with van der Waals surface area (Å²) in [5, 5.41) is 11.7. The Balaban J connectivity index is 2.32. The largest absolute Gasteiger partial charge is 0.478 e. The lowest BCUT2D eigenvalue weighted by Crippen LogP contribution is -2.42. The molecule has 18 heavy (non-hydrogen) atoms. The number of carboxylic acid groups (broad SMARTS) is 1. The maximum absolute atomic E-state index is 11.9.